The zero-order chi connectivity index (χ0) is 12.7. The minimum absolute atomic E-state index is 0.226. The Balaban J connectivity index is 2.86. The molecule has 0 saturated heterocycles. The molecule has 4 heteroatoms. The standard InChI is InChI=1S/C13H15NO3/c1-4-5-8-14-13(15)11-9-10(16-2)6-7-12(11)17-3/h1,6-7,9H,5,8H2,2-3H3,(H,14,15). The molecule has 0 aliphatic rings. The SMILES string of the molecule is C#CCCNC(=O)c1cc(OC)ccc1OC. The van der Waals surface area contributed by atoms with E-state index >= 15 is 0 Å². The van der Waals surface area contributed by atoms with Crippen LogP contribution >= 0.6 is 0 Å². The summed E-state index contributed by atoms with van der Waals surface area (Å²) < 4.78 is 10.2. The molecule has 0 aliphatic carbocycles. The van der Waals surface area contributed by atoms with Crippen LogP contribution in [0, 0.1) is 12.3 Å². The number of ether oxygens (including phenoxy) is 2. The Morgan fingerprint density at radius 2 is 2.18 bits per heavy atom. The average molecular weight is 233 g/mol. The molecule has 0 spiro atoms. The molecule has 0 atom stereocenters. The Morgan fingerprint density at radius 1 is 1.41 bits per heavy atom. The normalized spacial score (nSPS) is 9.24. The molecule has 17 heavy (non-hydrogen) atoms. The van der Waals surface area contributed by atoms with E-state index in [9.17, 15) is 4.79 Å². The van der Waals surface area contributed by atoms with Crippen molar-refractivity contribution in [3.8, 4) is 23.8 Å². The summed E-state index contributed by atoms with van der Waals surface area (Å²) in [6.45, 7) is 0.440. The number of hydrogen-bond acceptors (Lipinski definition) is 3. The van der Waals surface area contributed by atoms with Gasteiger partial charge in [-0.2, -0.15) is 0 Å². The smallest absolute Gasteiger partial charge is 0.255 e. The van der Waals surface area contributed by atoms with Crippen LogP contribution in [-0.2, 0) is 0 Å². The van der Waals surface area contributed by atoms with E-state index in [2.05, 4.69) is 11.2 Å². The van der Waals surface area contributed by atoms with Crippen molar-refractivity contribution in [2.75, 3.05) is 20.8 Å². The number of hydrogen-bond donors (Lipinski definition) is 1. The van der Waals surface area contributed by atoms with Gasteiger partial charge in [-0.05, 0) is 18.2 Å². The topological polar surface area (TPSA) is 47.6 Å². The first kappa shape index (κ1) is 12.9. The number of carbonyl (C=O) groups is 1. The molecule has 0 saturated carbocycles. The molecule has 0 unspecified atom stereocenters. The van der Waals surface area contributed by atoms with Gasteiger partial charge in [0.25, 0.3) is 5.91 Å². The van der Waals surface area contributed by atoms with E-state index in [0.717, 1.165) is 0 Å². The Hall–Kier alpha value is -2.15. The molecule has 0 radical (unpaired) electrons. The molecular weight excluding hydrogens is 218 g/mol. The van der Waals surface area contributed by atoms with Gasteiger partial charge >= 0.3 is 0 Å². The van der Waals surface area contributed by atoms with E-state index in [1.54, 1.807) is 25.3 Å². The molecule has 90 valence electrons. The summed E-state index contributed by atoms with van der Waals surface area (Å²) in [6, 6.07) is 5.05. The van der Waals surface area contributed by atoms with Gasteiger partial charge in [0, 0.05) is 13.0 Å². The fourth-order valence-corrected chi connectivity index (χ4v) is 1.33. The van der Waals surface area contributed by atoms with E-state index in [1.165, 1.54) is 7.11 Å². The summed E-state index contributed by atoms with van der Waals surface area (Å²) in [5.41, 5.74) is 0.434. The van der Waals surface area contributed by atoms with Gasteiger partial charge in [-0.25, -0.2) is 0 Å². The monoisotopic (exact) mass is 233 g/mol. The average Bonchev–Trinajstić information content (AvgIpc) is 2.38. The van der Waals surface area contributed by atoms with Crippen molar-refractivity contribution in [1.82, 2.24) is 5.32 Å². The van der Waals surface area contributed by atoms with Gasteiger partial charge in [-0.1, -0.05) is 0 Å². The number of carbonyl (C=O) groups excluding carboxylic acids is 1. The van der Waals surface area contributed by atoms with Gasteiger partial charge in [0.15, 0.2) is 0 Å². The van der Waals surface area contributed by atoms with E-state index in [0.29, 0.717) is 30.0 Å². The molecule has 1 rings (SSSR count). The van der Waals surface area contributed by atoms with Gasteiger partial charge in [0.1, 0.15) is 11.5 Å². The number of nitrogens with one attached hydrogen (secondary N) is 1. The lowest BCUT2D eigenvalue weighted by Crippen LogP contribution is -2.24. The second kappa shape index (κ2) is 6.44. The van der Waals surface area contributed by atoms with Gasteiger partial charge in [-0.15, -0.1) is 12.3 Å². The van der Waals surface area contributed by atoms with Crippen LogP contribution in [0.4, 0.5) is 0 Å². The highest BCUT2D eigenvalue weighted by atomic mass is 16.5. The van der Waals surface area contributed by atoms with Crippen molar-refractivity contribution in [2.24, 2.45) is 0 Å². The quantitative estimate of drug-likeness (QED) is 0.618. The Labute approximate surface area is 101 Å². The van der Waals surface area contributed by atoms with E-state index in [-0.39, 0.29) is 5.91 Å². The minimum Gasteiger partial charge on any atom is -0.497 e. The predicted octanol–water partition coefficient (Wildman–Crippen LogP) is 1.46. The fourth-order valence-electron chi connectivity index (χ4n) is 1.33. The second-order valence-corrected chi connectivity index (χ2v) is 3.28. The van der Waals surface area contributed by atoms with Gasteiger partial charge in [-0.3, -0.25) is 4.79 Å². The van der Waals surface area contributed by atoms with Crippen LogP contribution in [0.3, 0.4) is 0 Å². The predicted molar refractivity (Wildman–Crippen MR) is 65.3 cm³/mol. The van der Waals surface area contributed by atoms with Crippen LogP contribution < -0.4 is 14.8 Å². The maximum absolute atomic E-state index is 11.9. The first-order valence-corrected chi connectivity index (χ1v) is 5.16. The molecule has 1 amide bonds. The molecule has 0 aromatic heterocycles. The lowest BCUT2D eigenvalue weighted by Gasteiger charge is -2.10. The van der Waals surface area contributed by atoms with Crippen LogP contribution in [-0.4, -0.2) is 26.7 Å². The Kier molecular flexibility index (Phi) is 4.89. The number of amides is 1. The largest absolute Gasteiger partial charge is 0.497 e. The summed E-state index contributed by atoms with van der Waals surface area (Å²) in [4.78, 5) is 11.9. The highest BCUT2D eigenvalue weighted by molar-refractivity contribution is 5.97. The second-order valence-electron chi connectivity index (χ2n) is 3.28. The maximum atomic E-state index is 11.9. The summed E-state index contributed by atoms with van der Waals surface area (Å²) in [7, 11) is 3.06. The van der Waals surface area contributed by atoms with Crippen molar-refractivity contribution in [1.29, 1.82) is 0 Å². The molecule has 0 fully saturated rings. The zero-order valence-corrected chi connectivity index (χ0v) is 9.95. The molecule has 0 bridgehead atoms. The summed E-state index contributed by atoms with van der Waals surface area (Å²) >= 11 is 0. The molecule has 1 aromatic carbocycles. The highest BCUT2D eigenvalue weighted by Gasteiger charge is 2.12. The summed E-state index contributed by atoms with van der Waals surface area (Å²) in [5.74, 6) is 3.34. The lowest BCUT2D eigenvalue weighted by atomic mass is 10.1. The first-order chi connectivity index (χ1) is 8.22. The van der Waals surface area contributed by atoms with Crippen molar-refractivity contribution >= 4 is 5.91 Å². The van der Waals surface area contributed by atoms with Crippen LogP contribution in [0.1, 0.15) is 16.8 Å². The van der Waals surface area contributed by atoms with E-state index in [1.807, 2.05) is 0 Å². The molecule has 0 aliphatic heterocycles. The third-order valence-electron chi connectivity index (χ3n) is 2.21. The fraction of sp³-hybridized carbons (Fsp3) is 0.308. The van der Waals surface area contributed by atoms with Gasteiger partial charge in [0.05, 0.1) is 19.8 Å². The Bertz CT molecular complexity index is 435. The minimum atomic E-state index is -0.226. The maximum Gasteiger partial charge on any atom is 0.255 e. The van der Waals surface area contributed by atoms with Crippen molar-refractivity contribution < 1.29 is 14.3 Å². The number of rotatable bonds is 5. The van der Waals surface area contributed by atoms with Gasteiger partial charge < -0.3 is 14.8 Å². The van der Waals surface area contributed by atoms with Crippen molar-refractivity contribution in [3.05, 3.63) is 23.8 Å². The van der Waals surface area contributed by atoms with E-state index in [4.69, 9.17) is 15.9 Å². The Morgan fingerprint density at radius 3 is 2.76 bits per heavy atom. The summed E-state index contributed by atoms with van der Waals surface area (Å²) in [5, 5.41) is 2.71. The lowest BCUT2D eigenvalue weighted by molar-refractivity contribution is 0.0951. The number of benzene rings is 1. The van der Waals surface area contributed by atoms with E-state index < -0.39 is 0 Å². The highest BCUT2D eigenvalue weighted by Crippen LogP contribution is 2.23. The third-order valence-corrected chi connectivity index (χ3v) is 2.21. The van der Waals surface area contributed by atoms with Crippen LogP contribution in [0.5, 0.6) is 11.5 Å². The number of terminal acetylenes is 1. The molecule has 1 N–H and O–H groups in total. The molecule has 0 heterocycles. The molecular formula is C13H15NO3. The van der Waals surface area contributed by atoms with Crippen LogP contribution in [0.25, 0.3) is 0 Å². The van der Waals surface area contributed by atoms with Crippen molar-refractivity contribution in [3.63, 3.8) is 0 Å². The number of methoxy groups -OCH3 is 2. The molecule has 4 nitrogen and oxygen atoms in total. The first-order valence-electron chi connectivity index (χ1n) is 5.16. The van der Waals surface area contributed by atoms with Crippen LogP contribution in [0.15, 0.2) is 18.2 Å². The summed E-state index contributed by atoms with van der Waals surface area (Å²) in [6.07, 6.45) is 5.61. The third kappa shape index (κ3) is 3.42. The van der Waals surface area contributed by atoms with Crippen molar-refractivity contribution in [2.45, 2.75) is 6.42 Å². The van der Waals surface area contributed by atoms with Gasteiger partial charge in [0.2, 0.25) is 0 Å². The zero-order valence-electron chi connectivity index (χ0n) is 9.95. The van der Waals surface area contributed by atoms with Crippen LogP contribution in [0.2, 0.25) is 0 Å². The molecule has 1 aromatic rings.